The van der Waals surface area contributed by atoms with Gasteiger partial charge >= 0.3 is 0 Å². The maximum absolute atomic E-state index is 13.0. The number of ether oxygens (including phenoxy) is 1. The first-order valence-corrected chi connectivity index (χ1v) is 10.3. The van der Waals surface area contributed by atoms with Crippen LogP contribution < -0.4 is 0 Å². The topological polar surface area (TPSA) is 66.9 Å². The number of piperidine rings is 1. The van der Waals surface area contributed by atoms with Gasteiger partial charge in [-0.05, 0) is 50.8 Å². The molecule has 2 aliphatic rings. The quantitative estimate of drug-likeness (QED) is 0.821. The normalized spacial score (nSPS) is 22.8. The number of amides is 1. The van der Waals surface area contributed by atoms with E-state index in [1.807, 2.05) is 11.8 Å². The first-order chi connectivity index (χ1) is 11.9. The largest absolute Gasteiger partial charge is 0.379 e. The minimum absolute atomic E-state index is 0.0660. The van der Waals surface area contributed by atoms with Crippen LogP contribution in [-0.4, -0.2) is 62.4 Å². The molecular formula is C18H26N2O4S. The second kappa shape index (κ2) is 7.43. The van der Waals surface area contributed by atoms with Crippen LogP contribution >= 0.6 is 0 Å². The molecule has 2 aliphatic heterocycles. The van der Waals surface area contributed by atoms with E-state index in [9.17, 15) is 13.2 Å². The molecule has 1 aromatic carbocycles. The van der Waals surface area contributed by atoms with Crippen LogP contribution in [0.1, 0.15) is 42.1 Å². The van der Waals surface area contributed by atoms with Crippen molar-refractivity contribution in [3.8, 4) is 0 Å². The predicted octanol–water partition coefficient (Wildman–Crippen LogP) is 2.03. The molecule has 0 radical (unpaired) electrons. The van der Waals surface area contributed by atoms with Gasteiger partial charge in [0.25, 0.3) is 5.91 Å². The van der Waals surface area contributed by atoms with Crippen molar-refractivity contribution in [3.05, 3.63) is 29.3 Å². The van der Waals surface area contributed by atoms with Gasteiger partial charge in [-0.15, -0.1) is 0 Å². The maximum Gasteiger partial charge on any atom is 0.254 e. The lowest BCUT2D eigenvalue weighted by molar-refractivity contribution is 0.0634. The van der Waals surface area contributed by atoms with Gasteiger partial charge in [0.2, 0.25) is 10.0 Å². The summed E-state index contributed by atoms with van der Waals surface area (Å²) in [5, 5.41) is 0. The van der Waals surface area contributed by atoms with Gasteiger partial charge in [-0.25, -0.2) is 8.42 Å². The highest BCUT2D eigenvalue weighted by Crippen LogP contribution is 2.24. The van der Waals surface area contributed by atoms with Gasteiger partial charge in [0.15, 0.2) is 0 Å². The Morgan fingerprint density at radius 3 is 2.56 bits per heavy atom. The monoisotopic (exact) mass is 366 g/mol. The molecule has 1 aromatic rings. The Balaban J connectivity index is 1.91. The Kier molecular flexibility index (Phi) is 5.46. The zero-order chi connectivity index (χ0) is 18.0. The van der Waals surface area contributed by atoms with E-state index in [0.717, 1.165) is 31.4 Å². The molecule has 2 saturated heterocycles. The van der Waals surface area contributed by atoms with Crippen LogP contribution in [0.3, 0.4) is 0 Å². The van der Waals surface area contributed by atoms with E-state index in [0.29, 0.717) is 31.9 Å². The molecule has 2 heterocycles. The molecule has 0 saturated carbocycles. The first-order valence-electron chi connectivity index (χ1n) is 8.91. The van der Waals surface area contributed by atoms with Gasteiger partial charge < -0.3 is 9.64 Å². The SMILES string of the molecule is Cc1ccc(S(=O)(=O)N2CCOCC2)cc1C(=O)N1CCCC[C@@H]1C. The summed E-state index contributed by atoms with van der Waals surface area (Å²) in [6.45, 7) is 6.16. The molecule has 0 bridgehead atoms. The molecule has 0 aliphatic carbocycles. The fraction of sp³-hybridized carbons (Fsp3) is 0.611. The van der Waals surface area contributed by atoms with Crippen LogP contribution in [0.15, 0.2) is 23.1 Å². The van der Waals surface area contributed by atoms with Crippen molar-refractivity contribution in [1.29, 1.82) is 0 Å². The molecule has 3 rings (SSSR count). The third kappa shape index (κ3) is 3.73. The number of carbonyl (C=O) groups is 1. The Labute approximate surface area is 149 Å². The number of morpholine rings is 1. The van der Waals surface area contributed by atoms with E-state index in [-0.39, 0.29) is 16.8 Å². The Hall–Kier alpha value is -1.44. The number of benzene rings is 1. The first kappa shape index (κ1) is 18.4. The van der Waals surface area contributed by atoms with Crippen molar-refractivity contribution in [2.75, 3.05) is 32.8 Å². The van der Waals surface area contributed by atoms with Gasteiger partial charge in [0.1, 0.15) is 0 Å². The molecule has 0 spiro atoms. The van der Waals surface area contributed by atoms with E-state index in [1.165, 1.54) is 4.31 Å². The standard InChI is InChI=1S/C18H26N2O4S/c1-14-6-7-16(25(22,23)19-9-11-24-12-10-19)13-17(14)18(21)20-8-4-3-5-15(20)2/h6-7,13,15H,3-5,8-12H2,1-2H3/t15-/m0/s1. The molecule has 1 atom stereocenters. The lowest BCUT2D eigenvalue weighted by Crippen LogP contribution is -2.42. The van der Waals surface area contributed by atoms with Gasteiger partial charge in [0, 0.05) is 31.2 Å². The molecule has 7 heteroatoms. The maximum atomic E-state index is 13.0. The highest BCUT2D eigenvalue weighted by Gasteiger charge is 2.29. The predicted molar refractivity (Wildman–Crippen MR) is 95.1 cm³/mol. The van der Waals surface area contributed by atoms with Gasteiger partial charge in [-0.1, -0.05) is 6.07 Å². The molecule has 2 fully saturated rings. The van der Waals surface area contributed by atoms with Crippen molar-refractivity contribution >= 4 is 15.9 Å². The summed E-state index contributed by atoms with van der Waals surface area (Å²) in [7, 11) is -3.60. The van der Waals surface area contributed by atoms with E-state index < -0.39 is 10.0 Å². The smallest absolute Gasteiger partial charge is 0.254 e. The average Bonchev–Trinajstić information content (AvgIpc) is 2.62. The number of hydrogen-bond donors (Lipinski definition) is 0. The molecule has 25 heavy (non-hydrogen) atoms. The molecule has 6 nitrogen and oxygen atoms in total. The fourth-order valence-electron chi connectivity index (χ4n) is 3.48. The second-order valence-corrected chi connectivity index (χ2v) is 8.77. The lowest BCUT2D eigenvalue weighted by atomic mass is 10.0. The van der Waals surface area contributed by atoms with Crippen LogP contribution in [-0.2, 0) is 14.8 Å². The third-order valence-corrected chi connectivity index (χ3v) is 7.01. The Bertz CT molecular complexity index is 741. The van der Waals surface area contributed by atoms with Crippen molar-refractivity contribution in [1.82, 2.24) is 9.21 Å². The zero-order valence-corrected chi connectivity index (χ0v) is 15.7. The summed E-state index contributed by atoms with van der Waals surface area (Å²) in [5.74, 6) is -0.0660. The minimum Gasteiger partial charge on any atom is -0.379 e. The van der Waals surface area contributed by atoms with E-state index in [2.05, 4.69) is 6.92 Å². The number of sulfonamides is 1. The van der Waals surface area contributed by atoms with Crippen molar-refractivity contribution in [2.24, 2.45) is 0 Å². The molecular weight excluding hydrogens is 340 g/mol. The van der Waals surface area contributed by atoms with E-state index >= 15 is 0 Å². The second-order valence-electron chi connectivity index (χ2n) is 6.84. The number of aryl methyl sites for hydroxylation is 1. The highest BCUT2D eigenvalue weighted by atomic mass is 32.2. The average molecular weight is 366 g/mol. The van der Waals surface area contributed by atoms with Crippen molar-refractivity contribution < 1.29 is 17.9 Å². The number of likely N-dealkylation sites (tertiary alicyclic amines) is 1. The van der Waals surface area contributed by atoms with Crippen LogP contribution in [0.2, 0.25) is 0 Å². The lowest BCUT2D eigenvalue weighted by Gasteiger charge is -2.34. The van der Waals surface area contributed by atoms with Crippen LogP contribution in [0.5, 0.6) is 0 Å². The zero-order valence-electron chi connectivity index (χ0n) is 14.9. The Morgan fingerprint density at radius 2 is 1.88 bits per heavy atom. The minimum atomic E-state index is -3.60. The molecule has 0 unspecified atom stereocenters. The summed E-state index contributed by atoms with van der Waals surface area (Å²) >= 11 is 0. The fourth-order valence-corrected chi connectivity index (χ4v) is 4.92. The van der Waals surface area contributed by atoms with E-state index in [1.54, 1.807) is 18.2 Å². The van der Waals surface area contributed by atoms with Crippen LogP contribution in [0.25, 0.3) is 0 Å². The summed E-state index contributed by atoms with van der Waals surface area (Å²) in [5.41, 5.74) is 1.30. The van der Waals surface area contributed by atoms with Crippen molar-refractivity contribution in [2.45, 2.75) is 44.0 Å². The van der Waals surface area contributed by atoms with Gasteiger partial charge in [-0.2, -0.15) is 4.31 Å². The van der Waals surface area contributed by atoms with Crippen molar-refractivity contribution in [3.63, 3.8) is 0 Å². The summed E-state index contributed by atoms with van der Waals surface area (Å²) in [4.78, 5) is 15.0. The summed E-state index contributed by atoms with van der Waals surface area (Å²) in [6.07, 6.45) is 3.13. The van der Waals surface area contributed by atoms with Crippen LogP contribution in [0.4, 0.5) is 0 Å². The number of rotatable bonds is 3. The summed E-state index contributed by atoms with van der Waals surface area (Å²) in [6, 6.07) is 5.07. The number of hydrogen-bond acceptors (Lipinski definition) is 4. The van der Waals surface area contributed by atoms with E-state index in [4.69, 9.17) is 4.74 Å². The van der Waals surface area contributed by atoms with Gasteiger partial charge in [-0.3, -0.25) is 4.79 Å². The number of nitrogens with zero attached hydrogens (tertiary/aromatic N) is 2. The highest BCUT2D eigenvalue weighted by molar-refractivity contribution is 7.89. The molecule has 138 valence electrons. The summed E-state index contributed by atoms with van der Waals surface area (Å²) < 4.78 is 32.4. The number of carbonyl (C=O) groups excluding carboxylic acids is 1. The third-order valence-electron chi connectivity index (χ3n) is 5.11. The Morgan fingerprint density at radius 1 is 1.16 bits per heavy atom. The van der Waals surface area contributed by atoms with Gasteiger partial charge in [0.05, 0.1) is 18.1 Å². The van der Waals surface area contributed by atoms with Crippen LogP contribution in [0, 0.1) is 6.92 Å². The molecule has 1 amide bonds. The molecule has 0 N–H and O–H groups in total. The molecule has 0 aromatic heterocycles.